The van der Waals surface area contributed by atoms with Crippen molar-refractivity contribution < 1.29 is 9.53 Å². The molecule has 2 aromatic rings. The fourth-order valence-electron chi connectivity index (χ4n) is 2.03. The van der Waals surface area contributed by atoms with Gasteiger partial charge in [0.2, 0.25) is 5.91 Å². The Hall–Kier alpha value is -2.55. The second-order valence-electron chi connectivity index (χ2n) is 4.77. The largest absolute Gasteiger partial charge is 0.489 e. The zero-order valence-electron chi connectivity index (χ0n) is 12.1. The Morgan fingerprint density at radius 2 is 2.00 bits per heavy atom. The third-order valence-corrected chi connectivity index (χ3v) is 2.99. The van der Waals surface area contributed by atoms with Gasteiger partial charge < -0.3 is 10.1 Å². The SMILES string of the molecule is C=CCc1ccc(NC(C)=O)cc1OCc1ccccc1. The predicted octanol–water partition coefficient (Wildman–Crippen LogP) is 3.95. The Balaban J connectivity index is 2.17. The van der Waals surface area contributed by atoms with Crippen LogP contribution in [0, 0.1) is 0 Å². The molecular weight excluding hydrogens is 262 g/mol. The number of carbonyl (C=O) groups is 1. The normalized spacial score (nSPS) is 9.95. The van der Waals surface area contributed by atoms with Crippen LogP contribution >= 0.6 is 0 Å². The van der Waals surface area contributed by atoms with Crippen LogP contribution in [0.1, 0.15) is 18.1 Å². The number of anilines is 1. The van der Waals surface area contributed by atoms with Gasteiger partial charge in [0.25, 0.3) is 0 Å². The first-order valence-corrected chi connectivity index (χ1v) is 6.87. The molecule has 0 aromatic heterocycles. The van der Waals surface area contributed by atoms with Gasteiger partial charge in [-0.15, -0.1) is 6.58 Å². The van der Waals surface area contributed by atoms with E-state index in [1.165, 1.54) is 6.92 Å². The molecule has 0 fully saturated rings. The molecule has 0 bridgehead atoms. The molecule has 0 aliphatic heterocycles. The van der Waals surface area contributed by atoms with E-state index < -0.39 is 0 Å². The summed E-state index contributed by atoms with van der Waals surface area (Å²) in [5.41, 5.74) is 2.89. The van der Waals surface area contributed by atoms with Crippen LogP contribution in [0.3, 0.4) is 0 Å². The summed E-state index contributed by atoms with van der Waals surface area (Å²) in [5.74, 6) is 0.672. The molecular formula is C18H19NO2. The summed E-state index contributed by atoms with van der Waals surface area (Å²) >= 11 is 0. The van der Waals surface area contributed by atoms with E-state index in [4.69, 9.17) is 4.74 Å². The van der Waals surface area contributed by atoms with E-state index in [0.717, 1.165) is 29.0 Å². The van der Waals surface area contributed by atoms with Gasteiger partial charge in [0.15, 0.2) is 0 Å². The van der Waals surface area contributed by atoms with Crippen molar-refractivity contribution in [2.24, 2.45) is 0 Å². The Kier molecular flexibility index (Phi) is 5.16. The number of rotatable bonds is 6. The maximum atomic E-state index is 11.1. The lowest BCUT2D eigenvalue weighted by Gasteiger charge is -2.13. The first-order chi connectivity index (χ1) is 10.2. The van der Waals surface area contributed by atoms with E-state index in [9.17, 15) is 4.79 Å². The maximum Gasteiger partial charge on any atom is 0.221 e. The van der Waals surface area contributed by atoms with Crippen molar-refractivity contribution >= 4 is 11.6 Å². The van der Waals surface area contributed by atoms with Crippen molar-refractivity contribution in [3.63, 3.8) is 0 Å². The standard InChI is InChI=1S/C18H19NO2/c1-3-7-16-10-11-17(19-14(2)20)12-18(16)21-13-15-8-5-4-6-9-15/h3-6,8-12H,1,7,13H2,2H3,(H,19,20). The molecule has 0 radical (unpaired) electrons. The van der Waals surface area contributed by atoms with Crippen molar-refractivity contribution in [1.29, 1.82) is 0 Å². The van der Waals surface area contributed by atoms with E-state index in [2.05, 4.69) is 11.9 Å². The Morgan fingerprint density at radius 3 is 2.67 bits per heavy atom. The third-order valence-electron chi connectivity index (χ3n) is 2.99. The Morgan fingerprint density at radius 1 is 1.24 bits per heavy atom. The number of hydrogen-bond donors (Lipinski definition) is 1. The summed E-state index contributed by atoms with van der Waals surface area (Å²) in [6.45, 7) is 5.74. The molecule has 3 nitrogen and oxygen atoms in total. The number of carbonyl (C=O) groups excluding carboxylic acids is 1. The van der Waals surface area contributed by atoms with Crippen LogP contribution in [0.4, 0.5) is 5.69 Å². The number of nitrogens with one attached hydrogen (secondary N) is 1. The predicted molar refractivity (Wildman–Crippen MR) is 85.4 cm³/mol. The number of benzene rings is 2. The van der Waals surface area contributed by atoms with Gasteiger partial charge in [-0.2, -0.15) is 0 Å². The van der Waals surface area contributed by atoms with E-state index in [0.29, 0.717) is 6.61 Å². The average Bonchev–Trinajstić information content (AvgIpc) is 2.48. The Labute approximate surface area is 125 Å². The monoisotopic (exact) mass is 281 g/mol. The molecule has 2 rings (SSSR count). The molecule has 0 saturated heterocycles. The molecule has 0 unspecified atom stereocenters. The van der Waals surface area contributed by atoms with Crippen molar-refractivity contribution in [1.82, 2.24) is 0 Å². The van der Waals surface area contributed by atoms with Gasteiger partial charge in [0, 0.05) is 18.7 Å². The lowest BCUT2D eigenvalue weighted by atomic mass is 10.1. The van der Waals surface area contributed by atoms with Crippen LogP contribution in [0.15, 0.2) is 61.2 Å². The van der Waals surface area contributed by atoms with Crippen LogP contribution in [0.25, 0.3) is 0 Å². The molecule has 1 N–H and O–H groups in total. The van der Waals surface area contributed by atoms with Gasteiger partial charge in [0.05, 0.1) is 0 Å². The lowest BCUT2D eigenvalue weighted by molar-refractivity contribution is -0.114. The summed E-state index contributed by atoms with van der Waals surface area (Å²) in [6.07, 6.45) is 2.56. The molecule has 21 heavy (non-hydrogen) atoms. The lowest BCUT2D eigenvalue weighted by Crippen LogP contribution is -2.06. The minimum absolute atomic E-state index is 0.0968. The van der Waals surface area contributed by atoms with Crippen molar-refractivity contribution in [2.75, 3.05) is 5.32 Å². The highest BCUT2D eigenvalue weighted by atomic mass is 16.5. The van der Waals surface area contributed by atoms with Gasteiger partial charge >= 0.3 is 0 Å². The molecule has 0 aliphatic rings. The molecule has 0 heterocycles. The molecule has 0 atom stereocenters. The van der Waals surface area contributed by atoms with Gasteiger partial charge in [-0.3, -0.25) is 4.79 Å². The van der Waals surface area contributed by atoms with Gasteiger partial charge in [-0.25, -0.2) is 0 Å². The summed E-state index contributed by atoms with van der Waals surface area (Å²) in [5, 5.41) is 2.77. The molecule has 0 spiro atoms. The smallest absolute Gasteiger partial charge is 0.221 e. The van der Waals surface area contributed by atoms with Crippen molar-refractivity contribution in [3.8, 4) is 5.75 Å². The van der Waals surface area contributed by atoms with Crippen molar-refractivity contribution in [2.45, 2.75) is 20.0 Å². The minimum atomic E-state index is -0.0968. The quantitative estimate of drug-likeness (QED) is 0.814. The molecule has 0 saturated carbocycles. The van der Waals surface area contributed by atoms with Gasteiger partial charge in [-0.1, -0.05) is 42.5 Å². The summed E-state index contributed by atoms with van der Waals surface area (Å²) < 4.78 is 5.90. The first kappa shape index (κ1) is 14.9. The van der Waals surface area contributed by atoms with Gasteiger partial charge in [0.1, 0.15) is 12.4 Å². The number of amides is 1. The molecule has 3 heteroatoms. The van der Waals surface area contributed by atoms with Crippen LogP contribution in [-0.4, -0.2) is 5.91 Å². The number of ether oxygens (including phenoxy) is 1. The molecule has 0 aliphatic carbocycles. The summed E-state index contributed by atoms with van der Waals surface area (Å²) in [6, 6.07) is 15.7. The van der Waals surface area contributed by atoms with Crippen LogP contribution in [-0.2, 0) is 17.8 Å². The summed E-state index contributed by atoms with van der Waals surface area (Å²) in [4.78, 5) is 11.1. The van der Waals surface area contributed by atoms with Crippen LogP contribution in [0.5, 0.6) is 5.75 Å². The van der Waals surface area contributed by atoms with E-state index in [-0.39, 0.29) is 5.91 Å². The zero-order chi connectivity index (χ0) is 15.1. The second kappa shape index (κ2) is 7.29. The van der Waals surface area contributed by atoms with Crippen molar-refractivity contribution in [3.05, 3.63) is 72.3 Å². The molecule has 2 aromatic carbocycles. The van der Waals surface area contributed by atoms with Crippen LogP contribution in [0.2, 0.25) is 0 Å². The van der Waals surface area contributed by atoms with E-state index in [1.807, 2.05) is 54.6 Å². The topological polar surface area (TPSA) is 38.3 Å². The minimum Gasteiger partial charge on any atom is -0.489 e. The van der Waals surface area contributed by atoms with E-state index in [1.54, 1.807) is 0 Å². The van der Waals surface area contributed by atoms with Gasteiger partial charge in [-0.05, 0) is 23.6 Å². The first-order valence-electron chi connectivity index (χ1n) is 6.87. The number of hydrogen-bond acceptors (Lipinski definition) is 2. The Bertz CT molecular complexity index is 620. The fourth-order valence-corrected chi connectivity index (χ4v) is 2.03. The fraction of sp³-hybridized carbons (Fsp3) is 0.167. The highest BCUT2D eigenvalue weighted by molar-refractivity contribution is 5.88. The highest BCUT2D eigenvalue weighted by Gasteiger charge is 2.06. The van der Waals surface area contributed by atoms with Crippen LogP contribution < -0.4 is 10.1 Å². The molecule has 1 amide bonds. The summed E-state index contributed by atoms with van der Waals surface area (Å²) in [7, 11) is 0. The maximum absolute atomic E-state index is 11.1. The second-order valence-corrected chi connectivity index (χ2v) is 4.77. The molecule has 108 valence electrons. The third kappa shape index (κ3) is 4.49. The average molecular weight is 281 g/mol. The van der Waals surface area contributed by atoms with E-state index >= 15 is 0 Å². The number of allylic oxidation sites excluding steroid dienone is 1. The zero-order valence-corrected chi connectivity index (χ0v) is 12.1. The highest BCUT2D eigenvalue weighted by Crippen LogP contribution is 2.25.